The van der Waals surface area contributed by atoms with E-state index in [2.05, 4.69) is 0 Å². The molecule has 86 valence electrons. The highest BCUT2D eigenvalue weighted by atomic mass is 16.5. The van der Waals surface area contributed by atoms with Crippen LogP contribution in [0, 0.1) is 0 Å². The minimum atomic E-state index is -0.795. The maximum atomic E-state index is 9.49. The third-order valence-electron chi connectivity index (χ3n) is 1.72. The van der Waals surface area contributed by atoms with E-state index in [1.54, 1.807) is 7.11 Å². The maximum Gasteiger partial charge on any atom is 0.109 e. The van der Waals surface area contributed by atoms with Crippen molar-refractivity contribution in [2.24, 2.45) is 0 Å². The lowest BCUT2D eigenvalue weighted by Crippen LogP contribution is -2.36. The smallest absolute Gasteiger partial charge is 0.109 e. The summed E-state index contributed by atoms with van der Waals surface area (Å²) in [6.07, 6.45) is -1.39. The molecule has 2 atom stereocenters. The van der Waals surface area contributed by atoms with Crippen molar-refractivity contribution >= 4 is 0 Å². The first-order valence-electron chi connectivity index (χ1n) is 4.73. The Morgan fingerprint density at radius 2 is 2.00 bits per heavy atom. The number of methoxy groups -OCH3 is 1. The molecule has 0 fully saturated rings. The molecule has 0 aliphatic heterocycles. The van der Waals surface area contributed by atoms with Gasteiger partial charge in [-0.3, -0.25) is 0 Å². The molecule has 0 bridgehead atoms. The van der Waals surface area contributed by atoms with Crippen molar-refractivity contribution in [1.82, 2.24) is 0 Å². The van der Waals surface area contributed by atoms with E-state index >= 15 is 0 Å². The van der Waals surface area contributed by atoms with Gasteiger partial charge in [-0.25, -0.2) is 0 Å². The van der Waals surface area contributed by atoms with E-state index in [1.165, 1.54) is 0 Å². The molecule has 2 unspecified atom stereocenters. The lowest BCUT2D eigenvalue weighted by atomic mass is 10.2. The molecular weight excluding hydrogens is 188 g/mol. The predicted octanol–water partition coefficient (Wildman–Crippen LogP) is -0.592. The molecule has 0 radical (unpaired) electrons. The highest BCUT2D eigenvalue weighted by Gasteiger charge is 2.18. The number of hydrogen-bond acceptors (Lipinski definition) is 5. The van der Waals surface area contributed by atoms with Crippen LogP contribution in [-0.2, 0) is 14.2 Å². The zero-order chi connectivity index (χ0) is 10.8. The first-order chi connectivity index (χ1) is 6.76. The first kappa shape index (κ1) is 13.8. The minimum absolute atomic E-state index is 0.175. The van der Waals surface area contributed by atoms with Crippen LogP contribution in [0.15, 0.2) is 0 Å². The molecule has 0 aliphatic carbocycles. The zero-order valence-electron chi connectivity index (χ0n) is 8.81. The van der Waals surface area contributed by atoms with Gasteiger partial charge in [-0.05, 0) is 6.92 Å². The van der Waals surface area contributed by atoms with Gasteiger partial charge >= 0.3 is 0 Å². The van der Waals surface area contributed by atoms with Crippen LogP contribution in [0.1, 0.15) is 6.92 Å². The van der Waals surface area contributed by atoms with Crippen molar-refractivity contribution in [3.63, 3.8) is 0 Å². The summed E-state index contributed by atoms with van der Waals surface area (Å²) in [5, 5.41) is 18.4. The van der Waals surface area contributed by atoms with Crippen LogP contribution < -0.4 is 0 Å². The van der Waals surface area contributed by atoms with Gasteiger partial charge in [0.2, 0.25) is 0 Å². The van der Waals surface area contributed by atoms with Crippen LogP contribution in [0.2, 0.25) is 0 Å². The molecular formula is C9H20O5. The second-order valence-corrected chi connectivity index (χ2v) is 2.81. The number of rotatable bonds is 9. The van der Waals surface area contributed by atoms with Gasteiger partial charge < -0.3 is 24.4 Å². The van der Waals surface area contributed by atoms with Gasteiger partial charge in [0.25, 0.3) is 0 Å². The van der Waals surface area contributed by atoms with Gasteiger partial charge in [0.1, 0.15) is 12.2 Å². The summed E-state index contributed by atoms with van der Waals surface area (Å²) in [6, 6.07) is 0. The summed E-state index contributed by atoms with van der Waals surface area (Å²) >= 11 is 0. The first-order valence-corrected chi connectivity index (χ1v) is 4.73. The molecule has 0 aromatic rings. The molecule has 0 rings (SSSR count). The Kier molecular flexibility index (Phi) is 9.23. The molecule has 0 aliphatic rings. The third kappa shape index (κ3) is 6.28. The number of aliphatic hydroxyl groups is 2. The van der Waals surface area contributed by atoms with E-state index in [0.717, 1.165) is 0 Å². The summed E-state index contributed by atoms with van der Waals surface area (Å²) in [6.45, 7) is 3.12. The second kappa shape index (κ2) is 9.36. The molecule has 0 spiro atoms. The van der Waals surface area contributed by atoms with Crippen molar-refractivity contribution in [3.8, 4) is 0 Å². The lowest BCUT2D eigenvalue weighted by molar-refractivity contribution is -0.0968. The summed E-state index contributed by atoms with van der Waals surface area (Å²) in [5.74, 6) is 0. The molecule has 5 heteroatoms. The second-order valence-electron chi connectivity index (χ2n) is 2.81. The molecule has 0 aromatic heterocycles. The van der Waals surface area contributed by atoms with Gasteiger partial charge in [-0.15, -0.1) is 0 Å². The Morgan fingerprint density at radius 3 is 2.50 bits per heavy atom. The number of hydrogen-bond donors (Lipinski definition) is 2. The number of aliphatic hydroxyl groups excluding tert-OH is 2. The molecule has 2 N–H and O–H groups in total. The van der Waals surface area contributed by atoms with Gasteiger partial charge in [0, 0.05) is 13.7 Å². The Balaban J connectivity index is 3.62. The molecule has 0 saturated carbocycles. The molecule has 0 saturated heterocycles. The minimum Gasteiger partial charge on any atom is -0.394 e. The molecule has 5 nitrogen and oxygen atoms in total. The lowest BCUT2D eigenvalue weighted by Gasteiger charge is -2.20. The third-order valence-corrected chi connectivity index (χ3v) is 1.72. The molecule has 0 heterocycles. The summed E-state index contributed by atoms with van der Waals surface area (Å²) in [4.78, 5) is 0. The van der Waals surface area contributed by atoms with E-state index in [0.29, 0.717) is 19.8 Å². The Morgan fingerprint density at radius 1 is 1.29 bits per heavy atom. The summed E-state index contributed by atoms with van der Waals surface area (Å²) in [5.41, 5.74) is 0. The molecule has 0 aromatic carbocycles. The summed E-state index contributed by atoms with van der Waals surface area (Å²) < 4.78 is 15.0. The van der Waals surface area contributed by atoms with Crippen molar-refractivity contribution in [1.29, 1.82) is 0 Å². The van der Waals surface area contributed by atoms with Gasteiger partial charge in [-0.2, -0.15) is 0 Å². The quantitative estimate of drug-likeness (QED) is 0.496. The highest BCUT2D eigenvalue weighted by Crippen LogP contribution is 2.00. The number of ether oxygens (including phenoxy) is 3. The van der Waals surface area contributed by atoms with E-state index in [1.807, 2.05) is 6.92 Å². The zero-order valence-corrected chi connectivity index (χ0v) is 8.81. The largest absolute Gasteiger partial charge is 0.394 e. The standard InChI is InChI=1S/C9H20O5/c1-3-13-7-8(11)9(6-10)14-5-4-12-2/h8-11H,3-7H2,1-2H3. The Hall–Kier alpha value is -0.200. The van der Waals surface area contributed by atoms with Crippen LogP contribution in [0.3, 0.4) is 0 Å². The van der Waals surface area contributed by atoms with Gasteiger partial charge in [0.05, 0.1) is 26.4 Å². The molecule has 14 heavy (non-hydrogen) atoms. The Labute approximate surface area is 84.6 Å². The van der Waals surface area contributed by atoms with Crippen LogP contribution in [0.5, 0.6) is 0 Å². The van der Waals surface area contributed by atoms with Gasteiger partial charge in [0.15, 0.2) is 0 Å². The fourth-order valence-electron chi connectivity index (χ4n) is 0.914. The van der Waals surface area contributed by atoms with Crippen LogP contribution >= 0.6 is 0 Å². The van der Waals surface area contributed by atoms with Crippen LogP contribution in [0.25, 0.3) is 0 Å². The van der Waals surface area contributed by atoms with Crippen LogP contribution in [-0.4, -0.2) is 62.6 Å². The highest BCUT2D eigenvalue weighted by molar-refractivity contribution is 4.67. The average Bonchev–Trinajstić information content (AvgIpc) is 2.21. The van der Waals surface area contributed by atoms with Crippen molar-refractivity contribution in [2.75, 3.05) is 40.1 Å². The van der Waals surface area contributed by atoms with Crippen molar-refractivity contribution < 1.29 is 24.4 Å². The van der Waals surface area contributed by atoms with Crippen molar-refractivity contribution in [2.45, 2.75) is 19.1 Å². The Bertz CT molecular complexity index is 120. The summed E-state index contributed by atoms with van der Waals surface area (Å²) in [7, 11) is 1.56. The van der Waals surface area contributed by atoms with Crippen LogP contribution in [0.4, 0.5) is 0 Å². The predicted molar refractivity (Wildman–Crippen MR) is 51.2 cm³/mol. The maximum absolute atomic E-state index is 9.49. The van der Waals surface area contributed by atoms with Crippen molar-refractivity contribution in [3.05, 3.63) is 0 Å². The fraction of sp³-hybridized carbons (Fsp3) is 1.00. The van der Waals surface area contributed by atoms with E-state index in [-0.39, 0.29) is 13.2 Å². The fourth-order valence-corrected chi connectivity index (χ4v) is 0.914. The van der Waals surface area contributed by atoms with E-state index < -0.39 is 12.2 Å². The van der Waals surface area contributed by atoms with Gasteiger partial charge in [-0.1, -0.05) is 0 Å². The normalized spacial score (nSPS) is 15.4. The topological polar surface area (TPSA) is 68.2 Å². The molecule has 0 amide bonds. The van der Waals surface area contributed by atoms with E-state index in [4.69, 9.17) is 19.3 Å². The average molecular weight is 208 g/mol. The monoisotopic (exact) mass is 208 g/mol. The SMILES string of the molecule is CCOCC(O)C(CO)OCCOC. The van der Waals surface area contributed by atoms with E-state index in [9.17, 15) is 5.11 Å².